The highest BCUT2D eigenvalue weighted by molar-refractivity contribution is 5.78. The van der Waals surface area contributed by atoms with Gasteiger partial charge in [-0.2, -0.15) is 0 Å². The molecular formula is C14H15N5O2. The van der Waals surface area contributed by atoms with Crippen LogP contribution >= 0.6 is 0 Å². The number of amides is 2. The highest BCUT2D eigenvalue weighted by atomic mass is 16.1. The van der Waals surface area contributed by atoms with Gasteiger partial charge in [-0.15, -0.1) is 0 Å². The molecule has 2 amide bonds. The van der Waals surface area contributed by atoms with Gasteiger partial charge in [-0.05, 0) is 17.2 Å². The lowest BCUT2D eigenvalue weighted by atomic mass is 10.1. The number of primary amides is 1. The van der Waals surface area contributed by atoms with Crippen molar-refractivity contribution in [2.75, 3.05) is 11.9 Å². The number of carbonyl (C=O) groups is 2. The number of hydrogen-bond acceptors (Lipinski definition) is 5. The van der Waals surface area contributed by atoms with E-state index in [1.54, 1.807) is 12.4 Å². The van der Waals surface area contributed by atoms with Gasteiger partial charge < -0.3 is 16.4 Å². The fourth-order valence-corrected chi connectivity index (χ4v) is 1.75. The third-order valence-electron chi connectivity index (χ3n) is 2.72. The molecule has 108 valence electrons. The van der Waals surface area contributed by atoms with Crippen LogP contribution in [0.4, 0.5) is 5.95 Å². The topological polar surface area (TPSA) is 110 Å². The summed E-state index contributed by atoms with van der Waals surface area (Å²) in [5, 5.41) is 5.33. The van der Waals surface area contributed by atoms with Crippen LogP contribution in [0.1, 0.15) is 5.56 Å². The summed E-state index contributed by atoms with van der Waals surface area (Å²) < 4.78 is 0. The summed E-state index contributed by atoms with van der Waals surface area (Å²) in [5.74, 6) is -0.130. The van der Waals surface area contributed by atoms with Gasteiger partial charge in [-0.25, -0.2) is 9.97 Å². The quantitative estimate of drug-likeness (QED) is 0.633. The molecule has 1 aromatic carbocycles. The monoisotopic (exact) mass is 285 g/mol. The van der Waals surface area contributed by atoms with Crippen molar-refractivity contribution in [1.82, 2.24) is 15.3 Å². The molecule has 0 aliphatic rings. The second-order valence-electron chi connectivity index (χ2n) is 4.31. The first-order chi connectivity index (χ1) is 10.2. The Hall–Kier alpha value is -2.96. The van der Waals surface area contributed by atoms with Crippen LogP contribution in [0.15, 0.2) is 36.7 Å². The zero-order valence-electron chi connectivity index (χ0n) is 11.2. The zero-order chi connectivity index (χ0) is 15.1. The van der Waals surface area contributed by atoms with Gasteiger partial charge in [0.2, 0.25) is 18.3 Å². The van der Waals surface area contributed by atoms with Crippen molar-refractivity contribution in [1.29, 1.82) is 0 Å². The van der Waals surface area contributed by atoms with E-state index >= 15 is 0 Å². The molecule has 4 N–H and O–H groups in total. The summed E-state index contributed by atoms with van der Waals surface area (Å²) in [5.41, 5.74) is 7.80. The van der Waals surface area contributed by atoms with Crippen molar-refractivity contribution >= 4 is 18.3 Å². The molecule has 1 heterocycles. The molecule has 0 spiro atoms. The number of nitrogens with two attached hydrogens (primary N) is 1. The standard InChI is InChI=1S/C14H15N5O2/c15-13(21)8-19-14-17-6-12(7-18-14)11-3-1-2-10(4-11)5-16-9-20/h1-4,6-7,9H,5,8H2,(H2,15,21)(H,16,20)(H,17,18,19). The van der Waals surface area contributed by atoms with Gasteiger partial charge >= 0.3 is 0 Å². The molecule has 0 aliphatic carbocycles. The Morgan fingerprint density at radius 3 is 2.67 bits per heavy atom. The lowest BCUT2D eigenvalue weighted by molar-refractivity contribution is -0.116. The van der Waals surface area contributed by atoms with Crippen LogP contribution in [0.3, 0.4) is 0 Å². The molecule has 0 radical (unpaired) electrons. The molecule has 0 atom stereocenters. The maximum absolute atomic E-state index is 10.7. The highest BCUT2D eigenvalue weighted by Crippen LogP contribution is 2.19. The Morgan fingerprint density at radius 1 is 1.24 bits per heavy atom. The largest absolute Gasteiger partial charge is 0.368 e. The Bertz CT molecular complexity index is 628. The van der Waals surface area contributed by atoms with Crippen molar-refractivity contribution in [3.05, 3.63) is 42.2 Å². The fourth-order valence-electron chi connectivity index (χ4n) is 1.75. The second kappa shape index (κ2) is 6.99. The maximum atomic E-state index is 10.7. The molecule has 0 bridgehead atoms. The van der Waals surface area contributed by atoms with Crippen LogP contribution in [0, 0.1) is 0 Å². The normalized spacial score (nSPS) is 9.90. The van der Waals surface area contributed by atoms with Crippen molar-refractivity contribution in [3.63, 3.8) is 0 Å². The smallest absolute Gasteiger partial charge is 0.236 e. The van der Waals surface area contributed by atoms with E-state index < -0.39 is 5.91 Å². The molecule has 0 saturated heterocycles. The minimum atomic E-state index is -0.474. The van der Waals surface area contributed by atoms with Crippen LogP contribution in [-0.2, 0) is 16.1 Å². The van der Waals surface area contributed by atoms with Crippen molar-refractivity contribution in [3.8, 4) is 11.1 Å². The number of nitrogens with one attached hydrogen (secondary N) is 2. The summed E-state index contributed by atoms with van der Waals surface area (Å²) in [4.78, 5) is 29.2. The van der Waals surface area contributed by atoms with Gasteiger partial charge in [0.25, 0.3) is 0 Å². The van der Waals surface area contributed by atoms with E-state index in [0.717, 1.165) is 16.7 Å². The summed E-state index contributed by atoms with van der Waals surface area (Å²) in [6.45, 7) is 0.461. The van der Waals surface area contributed by atoms with Crippen LogP contribution in [0.5, 0.6) is 0 Å². The van der Waals surface area contributed by atoms with Gasteiger partial charge in [-0.3, -0.25) is 9.59 Å². The Morgan fingerprint density at radius 2 is 2.00 bits per heavy atom. The van der Waals surface area contributed by atoms with E-state index in [0.29, 0.717) is 18.9 Å². The maximum Gasteiger partial charge on any atom is 0.236 e. The molecule has 7 heteroatoms. The third kappa shape index (κ3) is 4.27. The average molecular weight is 285 g/mol. The third-order valence-corrected chi connectivity index (χ3v) is 2.72. The van der Waals surface area contributed by atoms with Crippen LogP contribution in [-0.4, -0.2) is 28.8 Å². The number of benzene rings is 1. The van der Waals surface area contributed by atoms with Crippen LogP contribution < -0.4 is 16.4 Å². The van der Waals surface area contributed by atoms with Crippen LogP contribution in [0.2, 0.25) is 0 Å². The van der Waals surface area contributed by atoms with Crippen molar-refractivity contribution in [2.45, 2.75) is 6.54 Å². The van der Waals surface area contributed by atoms with Gasteiger partial charge in [0.05, 0.1) is 6.54 Å². The predicted octanol–water partition coefficient (Wildman–Crippen LogP) is 0.287. The van der Waals surface area contributed by atoms with Gasteiger partial charge in [0.15, 0.2) is 0 Å². The summed E-state index contributed by atoms with van der Waals surface area (Å²) >= 11 is 0. The number of nitrogens with zero attached hydrogens (tertiary/aromatic N) is 2. The number of rotatable bonds is 7. The minimum Gasteiger partial charge on any atom is -0.368 e. The Kier molecular flexibility index (Phi) is 4.81. The Balaban J connectivity index is 2.10. The van der Waals surface area contributed by atoms with Gasteiger partial charge in [0.1, 0.15) is 0 Å². The molecule has 7 nitrogen and oxygen atoms in total. The predicted molar refractivity (Wildman–Crippen MR) is 78.1 cm³/mol. The van der Waals surface area contributed by atoms with E-state index in [-0.39, 0.29) is 6.54 Å². The molecule has 0 aliphatic heterocycles. The minimum absolute atomic E-state index is 0.00774. The summed E-state index contributed by atoms with van der Waals surface area (Å²) in [7, 11) is 0. The first-order valence-electron chi connectivity index (χ1n) is 6.29. The van der Waals surface area contributed by atoms with Crippen LogP contribution in [0.25, 0.3) is 11.1 Å². The second-order valence-corrected chi connectivity index (χ2v) is 4.31. The Labute approximate surface area is 121 Å². The van der Waals surface area contributed by atoms with E-state index in [4.69, 9.17) is 5.73 Å². The van der Waals surface area contributed by atoms with E-state index in [1.807, 2.05) is 24.3 Å². The molecule has 0 fully saturated rings. The first kappa shape index (κ1) is 14.4. The van der Waals surface area contributed by atoms with E-state index in [2.05, 4.69) is 20.6 Å². The van der Waals surface area contributed by atoms with Gasteiger partial charge in [-0.1, -0.05) is 18.2 Å². The van der Waals surface area contributed by atoms with Crippen molar-refractivity contribution in [2.24, 2.45) is 5.73 Å². The highest BCUT2D eigenvalue weighted by Gasteiger charge is 2.02. The number of aromatic nitrogens is 2. The fraction of sp³-hybridized carbons (Fsp3) is 0.143. The first-order valence-corrected chi connectivity index (χ1v) is 6.29. The number of hydrogen-bond donors (Lipinski definition) is 3. The SMILES string of the molecule is NC(=O)CNc1ncc(-c2cccc(CNC=O)c2)cn1. The summed E-state index contributed by atoms with van der Waals surface area (Å²) in [6, 6.07) is 7.70. The van der Waals surface area contributed by atoms with E-state index in [9.17, 15) is 9.59 Å². The average Bonchev–Trinajstić information content (AvgIpc) is 2.51. The molecule has 0 saturated carbocycles. The van der Waals surface area contributed by atoms with Crippen molar-refractivity contribution < 1.29 is 9.59 Å². The molecule has 21 heavy (non-hydrogen) atoms. The van der Waals surface area contributed by atoms with E-state index in [1.165, 1.54) is 0 Å². The number of carbonyl (C=O) groups excluding carboxylic acids is 2. The molecule has 2 rings (SSSR count). The molecule has 1 aromatic heterocycles. The lowest BCUT2D eigenvalue weighted by Crippen LogP contribution is -2.22. The zero-order valence-corrected chi connectivity index (χ0v) is 11.2. The summed E-state index contributed by atoms with van der Waals surface area (Å²) in [6.07, 6.45) is 3.97. The number of anilines is 1. The van der Waals surface area contributed by atoms with Gasteiger partial charge in [0, 0.05) is 24.5 Å². The molecular weight excluding hydrogens is 270 g/mol. The lowest BCUT2D eigenvalue weighted by Gasteiger charge is -2.06. The molecule has 2 aromatic rings. The molecule has 0 unspecified atom stereocenters.